The summed E-state index contributed by atoms with van der Waals surface area (Å²) >= 11 is 0. The summed E-state index contributed by atoms with van der Waals surface area (Å²) in [5.74, 6) is 1.24. The van der Waals surface area contributed by atoms with Crippen LogP contribution in [0.3, 0.4) is 0 Å². The number of nitrogens with one attached hydrogen (secondary N) is 1. The van der Waals surface area contributed by atoms with Crippen molar-refractivity contribution in [3.63, 3.8) is 0 Å². The molecule has 1 fully saturated rings. The molecule has 0 unspecified atom stereocenters. The zero-order valence-corrected chi connectivity index (χ0v) is 11.0. The maximum Gasteiger partial charge on any atom is 0.149 e. The standard InChI is InChI=1S/C13H23N5/c1-2-7-18-8-5-10(6-9-18)16-12-4-3-11(14)13(15)17-12/h3-4,10H,2,5-9,14H2,1H3,(H3,15,16,17). The molecule has 2 heterocycles. The Balaban J connectivity index is 1.85. The van der Waals surface area contributed by atoms with Gasteiger partial charge in [0.2, 0.25) is 0 Å². The summed E-state index contributed by atoms with van der Waals surface area (Å²) in [4.78, 5) is 6.77. The molecule has 1 aliphatic rings. The summed E-state index contributed by atoms with van der Waals surface area (Å²) in [6.45, 7) is 5.76. The van der Waals surface area contributed by atoms with Gasteiger partial charge in [0.15, 0.2) is 0 Å². The topological polar surface area (TPSA) is 80.2 Å². The minimum Gasteiger partial charge on any atom is -0.396 e. The third kappa shape index (κ3) is 3.26. The van der Waals surface area contributed by atoms with Gasteiger partial charge in [0, 0.05) is 19.1 Å². The molecule has 0 bridgehead atoms. The summed E-state index contributed by atoms with van der Waals surface area (Å²) in [6, 6.07) is 4.19. The molecule has 5 heteroatoms. The summed E-state index contributed by atoms with van der Waals surface area (Å²) < 4.78 is 0. The molecule has 18 heavy (non-hydrogen) atoms. The summed E-state index contributed by atoms with van der Waals surface area (Å²) in [7, 11) is 0. The molecule has 1 aromatic heterocycles. The molecule has 0 radical (unpaired) electrons. The third-order valence-corrected chi connectivity index (χ3v) is 3.44. The van der Waals surface area contributed by atoms with Crippen LogP contribution < -0.4 is 16.8 Å². The minimum absolute atomic E-state index is 0.406. The molecular weight excluding hydrogens is 226 g/mol. The van der Waals surface area contributed by atoms with Crippen LogP contribution in [-0.4, -0.2) is 35.6 Å². The predicted molar refractivity (Wildman–Crippen MR) is 76.4 cm³/mol. The van der Waals surface area contributed by atoms with Crippen molar-refractivity contribution in [3.05, 3.63) is 12.1 Å². The van der Waals surface area contributed by atoms with Gasteiger partial charge in [0.25, 0.3) is 0 Å². The van der Waals surface area contributed by atoms with Gasteiger partial charge in [-0.2, -0.15) is 0 Å². The van der Waals surface area contributed by atoms with Crippen molar-refractivity contribution >= 4 is 17.3 Å². The molecule has 0 aromatic carbocycles. The quantitative estimate of drug-likeness (QED) is 0.754. The van der Waals surface area contributed by atoms with Crippen molar-refractivity contribution < 1.29 is 0 Å². The van der Waals surface area contributed by atoms with E-state index in [4.69, 9.17) is 11.5 Å². The van der Waals surface area contributed by atoms with Gasteiger partial charge < -0.3 is 21.7 Å². The van der Waals surface area contributed by atoms with Crippen molar-refractivity contribution in [1.29, 1.82) is 0 Å². The zero-order chi connectivity index (χ0) is 13.0. The lowest BCUT2D eigenvalue weighted by Crippen LogP contribution is -2.39. The van der Waals surface area contributed by atoms with Gasteiger partial charge in [-0.05, 0) is 37.9 Å². The lowest BCUT2D eigenvalue weighted by atomic mass is 10.0. The zero-order valence-electron chi connectivity index (χ0n) is 11.0. The molecular formula is C13H23N5. The van der Waals surface area contributed by atoms with Gasteiger partial charge in [-0.15, -0.1) is 0 Å². The number of pyridine rings is 1. The first-order valence-electron chi connectivity index (χ1n) is 6.70. The summed E-state index contributed by atoms with van der Waals surface area (Å²) in [6.07, 6.45) is 3.55. The van der Waals surface area contributed by atoms with Gasteiger partial charge in [0.05, 0.1) is 5.69 Å². The van der Waals surface area contributed by atoms with E-state index < -0.39 is 0 Å². The molecule has 2 rings (SSSR count). The van der Waals surface area contributed by atoms with E-state index in [1.807, 2.05) is 6.07 Å². The second-order valence-corrected chi connectivity index (χ2v) is 4.93. The maximum absolute atomic E-state index is 5.70. The number of rotatable bonds is 4. The van der Waals surface area contributed by atoms with Crippen LogP contribution in [0.25, 0.3) is 0 Å². The molecule has 1 saturated heterocycles. The van der Waals surface area contributed by atoms with Gasteiger partial charge >= 0.3 is 0 Å². The van der Waals surface area contributed by atoms with Crippen molar-refractivity contribution in [2.75, 3.05) is 36.4 Å². The average molecular weight is 249 g/mol. The molecule has 100 valence electrons. The highest BCUT2D eigenvalue weighted by molar-refractivity contribution is 5.61. The number of aromatic nitrogens is 1. The Bertz CT molecular complexity index is 385. The van der Waals surface area contributed by atoms with Crippen LogP contribution in [0.5, 0.6) is 0 Å². The van der Waals surface area contributed by atoms with E-state index in [0.717, 1.165) is 31.7 Å². The van der Waals surface area contributed by atoms with E-state index in [1.54, 1.807) is 6.07 Å². The van der Waals surface area contributed by atoms with Crippen LogP contribution in [0, 0.1) is 0 Å². The Morgan fingerprint density at radius 3 is 2.67 bits per heavy atom. The number of anilines is 3. The Kier molecular flexibility index (Phi) is 4.25. The Morgan fingerprint density at radius 1 is 1.33 bits per heavy atom. The number of likely N-dealkylation sites (tertiary alicyclic amines) is 1. The van der Waals surface area contributed by atoms with Crippen LogP contribution in [0.2, 0.25) is 0 Å². The van der Waals surface area contributed by atoms with Crippen LogP contribution >= 0.6 is 0 Å². The van der Waals surface area contributed by atoms with Crippen molar-refractivity contribution in [2.24, 2.45) is 0 Å². The highest BCUT2D eigenvalue weighted by Gasteiger charge is 2.18. The van der Waals surface area contributed by atoms with Crippen LogP contribution in [0.4, 0.5) is 17.3 Å². The second kappa shape index (κ2) is 5.91. The fraction of sp³-hybridized carbons (Fsp3) is 0.615. The van der Waals surface area contributed by atoms with E-state index in [1.165, 1.54) is 13.0 Å². The van der Waals surface area contributed by atoms with Crippen LogP contribution in [-0.2, 0) is 0 Å². The van der Waals surface area contributed by atoms with E-state index in [-0.39, 0.29) is 0 Å². The summed E-state index contributed by atoms with van der Waals surface area (Å²) in [5.41, 5.74) is 11.9. The lowest BCUT2D eigenvalue weighted by Gasteiger charge is -2.32. The van der Waals surface area contributed by atoms with Crippen molar-refractivity contribution in [1.82, 2.24) is 9.88 Å². The monoisotopic (exact) mass is 249 g/mol. The number of nitrogens with two attached hydrogens (primary N) is 2. The third-order valence-electron chi connectivity index (χ3n) is 3.44. The van der Waals surface area contributed by atoms with Gasteiger partial charge in [0.1, 0.15) is 11.6 Å². The molecule has 1 aromatic rings. The van der Waals surface area contributed by atoms with Gasteiger partial charge in [-0.1, -0.05) is 6.92 Å². The minimum atomic E-state index is 0.406. The van der Waals surface area contributed by atoms with Crippen LogP contribution in [0.1, 0.15) is 26.2 Å². The van der Waals surface area contributed by atoms with Crippen molar-refractivity contribution in [2.45, 2.75) is 32.2 Å². The molecule has 0 atom stereocenters. The number of piperidine rings is 1. The number of hydrogen-bond acceptors (Lipinski definition) is 5. The molecule has 5 nitrogen and oxygen atoms in total. The van der Waals surface area contributed by atoms with Crippen LogP contribution in [0.15, 0.2) is 12.1 Å². The predicted octanol–water partition coefficient (Wildman–Crippen LogP) is 1.53. The van der Waals surface area contributed by atoms with E-state index >= 15 is 0 Å². The Hall–Kier alpha value is -1.49. The van der Waals surface area contributed by atoms with E-state index in [0.29, 0.717) is 17.5 Å². The highest BCUT2D eigenvalue weighted by Crippen LogP contribution is 2.18. The normalized spacial score (nSPS) is 17.8. The first kappa shape index (κ1) is 13.0. The molecule has 0 spiro atoms. The number of hydrogen-bond donors (Lipinski definition) is 3. The molecule has 0 aliphatic carbocycles. The molecule has 0 saturated carbocycles. The Morgan fingerprint density at radius 2 is 2.06 bits per heavy atom. The second-order valence-electron chi connectivity index (χ2n) is 4.93. The highest BCUT2D eigenvalue weighted by atomic mass is 15.1. The summed E-state index contributed by atoms with van der Waals surface area (Å²) in [5, 5.41) is 3.44. The first-order chi connectivity index (χ1) is 8.69. The largest absolute Gasteiger partial charge is 0.396 e. The van der Waals surface area contributed by atoms with Crippen molar-refractivity contribution in [3.8, 4) is 0 Å². The molecule has 5 N–H and O–H groups in total. The number of nitrogen functional groups attached to an aromatic ring is 2. The Labute approximate surface area is 109 Å². The smallest absolute Gasteiger partial charge is 0.149 e. The SMILES string of the molecule is CCCN1CCC(Nc2ccc(N)c(N)n2)CC1. The molecule has 0 amide bonds. The van der Waals surface area contributed by atoms with E-state index in [2.05, 4.69) is 22.1 Å². The van der Waals surface area contributed by atoms with Gasteiger partial charge in [-0.3, -0.25) is 0 Å². The fourth-order valence-electron chi connectivity index (χ4n) is 2.39. The lowest BCUT2D eigenvalue weighted by molar-refractivity contribution is 0.219. The average Bonchev–Trinajstić information content (AvgIpc) is 2.37. The number of nitrogens with zero attached hydrogens (tertiary/aromatic N) is 2. The first-order valence-corrected chi connectivity index (χ1v) is 6.70. The fourth-order valence-corrected chi connectivity index (χ4v) is 2.39. The van der Waals surface area contributed by atoms with E-state index in [9.17, 15) is 0 Å². The molecule has 1 aliphatic heterocycles. The maximum atomic E-state index is 5.70. The van der Waals surface area contributed by atoms with Gasteiger partial charge in [-0.25, -0.2) is 4.98 Å².